The smallest absolute Gasteiger partial charge is 0.0490 e. The molecule has 1 heteroatoms. The van der Waals surface area contributed by atoms with Crippen molar-refractivity contribution >= 4 is 33.1 Å². The number of benzene rings is 5. The van der Waals surface area contributed by atoms with Crippen LogP contribution >= 0.6 is 11.6 Å². The van der Waals surface area contributed by atoms with Crippen LogP contribution in [0.4, 0.5) is 0 Å². The Morgan fingerprint density at radius 3 is 1.67 bits per heavy atom. The second kappa shape index (κ2) is 6.57. The first-order chi connectivity index (χ1) is 13.3. The number of halogens is 1. The minimum absolute atomic E-state index is 0.774. The number of rotatable bonds is 2. The summed E-state index contributed by atoms with van der Waals surface area (Å²) in [6.45, 7) is 0. The molecule has 5 rings (SSSR count). The molecule has 0 atom stereocenters. The van der Waals surface area contributed by atoms with Gasteiger partial charge in [0.25, 0.3) is 0 Å². The Hall–Kier alpha value is -3.09. The van der Waals surface area contributed by atoms with Gasteiger partial charge in [0.15, 0.2) is 0 Å². The van der Waals surface area contributed by atoms with Crippen LogP contribution in [-0.4, -0.2) is 0 Å². The van der Waals surface area contributed by atoms with Gasteiger partial charge in [-0.15, -0.1) is 0 Å². The lowest BCUT2D eigenvalue weighted by atomic mass is 9.92. The van der Waals surface area contributed by atoms with Gasteiger partial charge in [-0.05, 0) is 56.4 Å². The predicted molar refractivity (Wildman–Crippen MR) is 117 cm³/mol. The lowest BCUT2D eigenvalue weighted by molar-refractivity contribution is 1.61. The van der Waals surface area contributed by atoms with E-state index in [0.717, 1.165) is 21.7 Å². The summed E-state index contributed by atoms with van der Waals surface area (Å²) in [5.41, 5.74) is 4.56. The van der Waals surface area contributed by atoms with Crippen molar-refractivity contribution < 1.29 is 0 Å². The Labute approximate surface area is 163 Å². The summed E-state index contributed by atoms with van der Waals surface area (Å²) in [4.78, 5) is 0. The van der Waals surface area contributed by atoms with Crippen molar-refractivity contribution in [2.24, 2.45) is 0 Å². The molecule has 0 aliphatic carbocycles. The summed E-state index contributed by atoms with van der Waals surface area (Å²) in [7, 11) is 0. The molecule has 0 nitrogen and oxygen atoms in total. The van der Waals surface area contributed by atoms with Crippen molar-refractivity contribution in [2.45, 2.75) is 0 Å². The van der Waals surface area contributed by atoms with Crippen LogP contribution in [0.5, 0.6) is 0 Å². The van der Waals surface area contributed by atoms with E-state index < -0.39 is 0 Å². The third-order valence-corrected chi connectivity index (χ3v) is 5.43. The van der Waals surface area contributed by atoms with Gasteiger partial charge in [-0.25, -0.2) is 0 Å². The molecule has 0 heterocycles. The zero-order valence-electron chi connectivity index (χ0n) is 14.7. The van der Waals surface area contributed by atoms with Crippen LogP contribution in [0.3, 0.4) is 0 Å². The molecule has 0 aromatic heterocycles. The lowest BCUT2D eigenvalue weighted by Crippen LogP contribution is -1.88. The summed E-state index contributed by atoms with van der Waals surface area (Å²) < 4.78 is 0. The average Bonchev–Trinajstić information content (AvgIpc) is 2.73. The van der Waals surface area contributed by atoms with Gasteiger partial charge in [-0.2, -0.15) is 0 Å². The highest BCUT2D eigenvalue weighted by Gasteiger charge is 2.12. The van der Waals surface area contributed by atoms with Crippen LogP contribution in [0.2, 0.25) is 5.02 Å². The third kappa shape index (κ3) is 2.89. The van der Waals surface area contributed by atoms with Crippen LogP contribution in [0.15, 0.2) is 103 Å². The zero-order valence-corrected chi connectivity index (χ0v) is 15.4. The Morgan fingerprint density at radius 1 is 0.444 bits per heavy atom. The maximum Gasteiger partial charge on any atom is 0.0490 e. The molecule has 27 heavy (non-hydrogen) atoms. The first-order valence-electron chi connectivity index (χ1n) is 9.06. The van der Waals surface area contributed by atoms with Crippen molar-refractivity contribution in [3.05, 3.63) is 108 Å². The molecular formula is C26H17Cl. The summed E-state index contributed by atoms with van der Waals surface area (Å²) in [6, 6.07) is 36.2. The van der Waals surface area contributed by atoms with Gasteiger partial charge in [0.1, 0.15) is 0 Å². The number of hydrogen-bond acceptors (Lipinski definition) is 0. The van der Waals surface area contributed by atoms with Crippen LogP contribution in [0, 0.1) is 0 Å². The highest BCUT2D eigenvalue weighted by atomic mass is 35.5. The maximum atomic E-state index is 6.68. The first-order valence-corrected chi connectivity index (χ1v) is 9.44. The van der Waals surface area contributed by atoms with Crippen molar-refractivity contribution in [3.63, 3.8) is 0 Å². The molecule has 0 spiro atoms. The largest absolute Gasteiger partial charge is 0.0836 e. The van der Waals surface area contributed by atoms with E-state index in [1.54, 1.807) is 0 Å². The molecule has 0 saturated carbocycles. The molecule has 0 radical (unpaired) electrons. The molecule has 0 amide bonds. The van der Waals surface area contributed by atoms with Gasteiger partial charge >= 0.3 is 0 Å². The van der Waals surface area contributed by atoms with E-state index in [0.29, 0.717) is 0 Å². The van der Waals surface area contributed by atoms with Gasteiger partial charge in [0.2, 0.25) is 0 Å². The Balaban J connectivity index is 1.74. The molecule has 0 N–H and O–H groups in total. The molecule has 0 bridgehead atoms. The molecular weight excluding hydrogens is 348 g/mol. The summed E-state index contributed by atoms with van der Waals surface area (Å²) in [6.07, 6.45) is 0. The topological polar surface area (TPSA) is 0 Å². The molecule has 5 aromatic carbocycles. The van der Waals surface area contributed by atoms with E-state index >= 15 is 0 Å². The average molecular weight is 365 g/mol. The van der Waals surface area contributed by atoms with Crippen LogP contribution in [0.1, 0.15) is 0 Å². The zero-order chi connectivity index (χ0) is 18.2. The maximum absolute atomic E-state index is 6.68. The first kappa shape index (κ1) is 16.1. The standard InChI is InChI=1S/C26H17Cl/c27-25-11-5-10-24(22-14-12-18-6-1-3-8-20(18)16-22)26(25)23-15-13-19-7-2-4-9-21(19)17-23/h1-17H. The second-order valence-electron chi connectivity index (χ2n) is 6.79. The summed E-state index contributed by atoms with van der Waals surface area (Å²) in [5.74, 6) is 0. The normalized spacial score (nSPS) is 11.1. The summed E-state index contributed by atoms with van der Waals surface area (Å²) >= 11 is 6.68. The molecule has 0 aliphatic rings. The van der Waals surface area contributed by atoms with Crippen LogP contribution in [-0.2, 0) is 0 Å². The van der Waals surface area contributed by atoms with E-state index in [4.69, 9.17) is 11.6 Å². The van der Waals surface area contributed by atoms with Crippen molar-refractivity contribution in [1.29, 1.82) is 0 Å². The molecule has 128 valence electrons. The minimum Gasteiger partial charge on any atom is -0.0836 e. The van der Waals surface area contributed by atoms with Gasteiger partial charge in [0.05, 0.1) is 0 Å². The third-order valence-electron chi connectivity index (χ3n) is 5.11. The molecule has 5 aromatic rings. The molecule has 0 saturated heterocycles. The van der Waals surface area contributed by atoms with E-state index in [9.17, 15) is 0 Å². The van der Waals surface area contributed by atoms with Gasteiger partial charge in [-0.1, -0.05) is 96.5 Å². The lowest BCUT2D eigenvalue weighted by Gasteiger charge is -2.14. The number of fused-ring (bicyclic) bond motifs is 2. The van der Waals surface area contributed by atoms with Gasteiger partial charge < -0.3 is 0 Å². The van der Waals surface area contributed by atoms with Gasteiger partial charge in [-0.3, -0.25) is 0 Å². The summed E-state index contributed by atoms with van der Waals surface area (Å²) in [5, 5.41) is 5.71. The van der Waals surface area contributed by atoms with Crippen molar-refractivity contribution in [1.82, 2.24) is 0 Å². The van der Waals surface area contributed by atoms with Gasteiger partial charge in [0, 0.05) is 10.6 Å². The van der Waals surface area contributed by atoms with Crippen molar-refractivity contribution in [3.8, 4) is 22.3 Å². The predicted octanol–water partition coefficient (Wildman–Crippen LogP) is 7.98. The molecule has 0 aliphatic heterocycles. The fourth-order valence-electron chi connectivity index (χ4n) is 3.76. The van der Waals surface area contributed by atoms with Crippen molar-refractivity contribution in [2.75, 3.05) is 0 Å². The number of hydrogen-bond donors (Lipinski definition) is 0. The van der Waals surface area contributed by atoms with Crippen LogP contribution < -0.4 is 0 Å². The fraction of sp³-hybridized carbons (Fsp3) is 0. The Kier molecular flexibility index (Phi) is 3.92. The van der Waals surface area contributed by atoms with E-state index in [1.165, 1.54) is 27.1 Å². The highest BCUT2D eigenvalue weighted by Crippen LogP contribution is 2.39. The molecule has 0 unspecified atom stereocenters. The monoisotopic (exact) mass is 364 g/mol. The Bertz CT molecular complexity index is 1280. The second-order valence-corrected chi connectivity index (χ2v) is 7.19. The van der Waals surface area contributed by atoms with E-state index in [2.05, 4.69) is 91.0 Å². The Morgan fingerprint density at radius 2 is 1.00 bits per heavy atom. The van der Waals surface area contributed by atoms with Crippen LogP contribution in [0.25, 0.3) is 43.8 Å². The highest BCUT2D eigenvalue weighted by molar-refractivity contribution is 6.34. The molecule has 0 fully saturated rings. The SMILES string of the molecule is Clc1cccc(-c2ccc3ccccc3c2)c1-c1ccc2ccccc2c1. The quantitative estimate of drug-likeness (QED) is 0.298. The van der Waals surface area contributed by atoms with E-state index in [-0.39, 0.29) is 0 Å². The fourth-order valence-corrected chi connectivity index (χ4v) is 4.04. The van der Waals surface area contributed by atoms with E-state index in [1.807, 2.05) is 12.1 Å². The minimum atomic E-state index is 0.774.